The van der Waals surface area contributed by atoms with Crippen molar-refractivity contribution >= 4 is 119 Å². The second-order valence-corrected chi connectivity index (χ2v) is 40.5. The van der Waals surface area contributed by atoms with Crippen LogP contribution in [0.2, 0.25) is 10.0 Å². The van der Waals surface area contributed by atoms with Crippen molar-refractivity contribution in [2.45, 2.75) is 117 Å². The molecule has 0 saturated heterocycles. The Morgan fingerprint density at radius 3 is 0.775 bits per heavy atom. The summed E-state index contributed by atoms with van der Waals surface area (Å²) in [5.41, 5.74) is -1.52. The van der Waals surface area contributed by atoms with Crippen molar-refractivity contribution < 1.29 is 135 Å². The van der Waals surface area contributed by atoms with Crippen LogP contribution in [0.15, 0.2) is 165 Å². The number of rotatable bonds is 38. The molecule has 8 aromatic carbocycles. The molecule has 4 atom stereocenters. The maximum atomic E-state index is 13.5. The van der Waals surface area contributed by atoms with Crippen LogP contribution in [0.25, 0.3) is 44.1 Å². The number of benzene rings is 8. The summed E-state index contributed by atoms with van der Waals surface area (Å²) < 4.78 is 293. The van der Waals surface area contributed by atoms with Gasteiger partial charge in [-0.25, -0.2) is 80.0 Å². The molecule has 48 heteroatoms. The maximum absolute atomic E-state index is 13.5. The summed E-state index contributed by atoms with van der Waals surface area (Å²) in [4.78, 5) is 78.0. The fourth-order valence-electron chi connectivity index (χ4n) is 15.3. The highest BCUT2D eigenvalue weighted by Gasteiger charge is 2.38. The van der Waals surface area contributed by atoms with Crippen LogP contribution in [0.1, 0.15) is 109 Å². The molecule has 0 unspecified atom stereocenters. The van der Waals surface area contributed by atoms with Crippen molar-refractivity contribution in [2.75, 3.05) is 116 Å². The second kappa shape index (κ2) is 46.1. The average Bonchev–Trinajstić information content (AvgIpc) is 1.60. The smallest absolute Gasteiger partial charge is 0.406 e. The molecule has 0 aliphatic heterocycles. The lowest BCUT2D eigenvalue weighted by Gasteiger charge is -2.20. The molecule has 0 spiro atoms. The van der Waals surface area contributed by atoms with E-state index in [9.17, 15) is 106 Å². The highest BCUT2D eigenvalue weighted by Crippen LogP contribution is 2.40. The Balaban J connectivity index is 0.000000206. The molecule has 0 amide bonds. The number of imidazole rings is 4. The van der Waals surface area contributed by atoms with E-state index in [1.807, 2.05) is 0 Å². The van der Waals surface area contributed by atoms with Crippen LogP contribution < -0.4 is 60.7 Å². The van der Waals surface area contributed by atoms with Gasteiger partial charge in [-0.3, -0.25) is 36.5 Å². The first-order chi connectivity index (χ1) is 64.7. The van der Waals surface area contributed by atoms with Gasteiger partial charge in [-0.05, 0) is 185 Å². The molecule has 0 fully saturated rings. The quantitative estimate of drug-likeness (QED) is 0.0256. The molecule has 138 heavy (non-hydrogen) atoms. The molecule has 0 radical (unpaired) electrons. The van der Waals surface area contributed by atoms with Crippen molar-refractivity contribution in [2.24, 2.45) is 0 Å². The van der Waals surface area contributed by atoms with Crippen LogP contribution in [0.5, 0.6) is 46.0 Å². The zero-order valence-electron chi connectivity index (χ0n) is 76.8. The van der Waals surface area contributed by atoms with E-state index >= 15 is 0 Å². The molecule has 4 aromatic heterocycles. The molecular formula is C90H100Cl2F10N8O24S4. The third-order valence-corrected chi connectivity index (χ3v) is 24.8. The lowest BCUT2D eigenvalue weighted by Crippen LogP contribution is -2.34. The molecule has 4 heterocycles. The number of fused-ring (bicyclic) bond motifs is 4. The first-order valence-electron chi connectivity index (χ1n) is 42.0. The van der Waals surface area contributed by atoms with Gasteiger partial charge in [0.15, 0.2) is 46.0 Å². The van der Waals surface area contributed by atoms with Crippen LogP contribution in [0.4, 0.5) is 43.9 Å². The Morgan fingerprint density at radius 1 is 0.319 bits per heavy atom. The molecule has 0 N–H and O–H groups in total. The fourth-order valence-corrected chi connectivity index (χ4v) is 19.3. The van der Waals surface area contributed by atoms with E-state index in [2.05, 4.69) is 0 Å². The normalized spacial score (nSPS) is 13.0. The summed E-state index contributed by atoms with van der Waals surface area (Å²) in [6, 6.07) is 30.7. The summed E-state index contributed by atoms with van der Waals surface area (Å²) >= 11 is 12.0. The van der Waals surface area contributed by atoms with Crippen molar-refractivity contribution in [3.8, 4) is 46.0 Å². The first kappa shape index (κ1) is 110. The third-order valence-electron chi connectivity index (χ3n) is 20.7. The van der Waals surface area contributed by atoms with E-state index in [1.165, 1.54) is 124 Å². The predicted molar refractivity (Wildman–Crippen MR) is 499 cm³/mol. The van der Waals surface area contributed by atoms with E-state index in [0.717, 1.165) is 53.9 Å². The highest BCUT2D eigenvalue weighted by molar-refractivity contribution is 7.91. The zero-order valence-corrected chi connectivity index (χ0v) is 81.5. The van der Waals surface area contributed by atoms with Crippen LogP contribution in [0.3, 0.4) is 0 Å². The molecule has 32 nitrogen and oxygen atoms in total. The number of alkyl halides is 10. The minimum atomic E-state index is -4.77. The predicted octanol–water partition coefficient (Wildman–Crippen LogP) is 14.7. The molecule has 752 valence electrons. The number of ether oxygens (including phenoxy) is 10. The molecule has 12 rings (SSSR count). The summed E-state index contributed by atoms with van der Waals surface area (Å²) in [5.74, 6) is -0.592. The van der Waals surface area contributed by atoms with E-state index in [0.29, 0.717) is 97.0 Å². The summed E-state index contributed by atoms with van der Waals surface area (Å²) in [7, 11) is -8.87. The molecule has 0 aliphatic rings. The Morgan fingerprint density at radius 2 is 0.551 bits per heavy atom. The molecular weight excluding hydrogens is 1970 g/mol. The van der Waals surface area contributed by atoms with Crippen LogP contribution in [-0.2, 0) is 75.0 Å². The van der Waals surface area contributed by atoms with Gasteiger partial charge in [0.1, 0.15) is 52.4 Å². The van der Waals surface area contributed by atoms with Gasteiger partial charge in [-0.2, -0.15) is 26.3 Å². The fraction of sp³-hybridized carbons (Fsp3) is 0.400. The SMILES string of the molecule is CCOC(=O)c1ccc2c(c1)n(CC(F)(F)F)c(=O)n2[C@@H](CS(C)(=O)=O)c1ccc(OC)c(OCC)c1.CCOC(=O)c1ccc2c(c1)n(CC(F)F)c(=O)n2[C@@H](CS(C)(=O)=O)c1ccc(OC)c(OCC)c1.CCOc1cc([C@H](CS(C)(=O)=O)n2c(=O)n(CC(F)(F)F)c3cc(Cl)ccc32)ccc1OC.CCOc1cc([C@H](CS(C)(=O)=O)n2c(=O)n(CC(F)F)c3cc(Cl)ccc32)ccc1OC. The number of hydrogen-bond acceptors (Lipinski definition) is 24. The van der Waals surface area contributed by atoms with Gasteiger partial charge in [0.25, 0.3) is 12.9 Å². The van der Waals surface area contributed by atoms with E-state index in [4.69, 9.17) is 70.6 Å². The van der Waals surface area contributed by atoms with Gasteiger partial charge in [-0.15, -0.1) is 0 Å². The summed E-state index contributed by atoms with van der Waals surface area (Å²) in [6.07, 6.45) is -11.1. The van der Waals surface area contributed by atoms with Gasteiger partial charge in [-0.1, -0.05) is 47.5 Å². The minimum Gasteiger partial charge on any atom is -0.493 e. The van der Waals surface area contributed by atoms with Gasteiger partial charge in [0.2, 0.25) is 0 Å². The summed E-state index contributed by atoms with van der Waals surface area (Å²) in [5, 5.41) is 0.402. The number of hydrogen-bond donors (Lipinski definition) is 0. The van der Waals surface area contributed by atoms with Gasteiger partial charge < -0.3 is 47.4 Å². The number of halogens is 12. The van der Waals surface area contributed by atoms with Gasteiger partial charge in [0.05, 0.1) is 184 Å². The molecule has 12 aromatic rings. The van der Waals surface area contributed by atoms with Crippen molar-refractivity contribution in [3.05, 3.63) is 231 Å². The van der Waals surface area contributed by atoms with Crippen LogP contribution in [-0.4, -0.2) is 223 Å². The van der Waals surface area contributed by atoms with Gasteiger partial charge in [0, 0.05) is 35.1 Å². The monoisotopic (exact) mass is 2060 g/mol. The minimum absolute atomic E-state index is 0.0183. The number of nitrogens with zero attached hydrogens (tertiary/aromatic N) is 8. The Hall–Kier alpha value is -12.1. The average molecular weight is 2070 g/mol. The lowest BCUT2D eigenvalue weighted by molar-refractivity contribution is -0.141. The maximum Gasteiger partial charge on any atom is 0.406 e. The summed E-state index contributed by atoms with van der Waals surface area (Å²) in [6.45, 7) is 6.62. The number of carbonyl (C=O) groups excluding carboxylic acids is 2. The standard InChI is InChI=1S/C24H27F3N2O7S.C24H28F2N2O7S.C21H22ClF3N2O5S.C21H23ClF2N2O5S/c1-5-35-21-12-15(8-10-20(21)34-3)19(13-37(4,32)33)29-17-9-7-16(22(30)36-6-2)11-18(17)28(23(29)31)14-24(25,26)27;1-5-34-21-12-15(8-10-20(21)33-3)19(14-36(4,31)32)28-17-9-7-16(23(29)35-6-2)11-18(17)27(24(28)30)13-22(25)26;1-4-32-19-9-13(5-8-18(19)31-2)17(11-33(3,29)30)27-15-7-6-14(22)10-16(15)26(20(27)28)12-21(23,24)25;1-4-31-19-9-13(5-8-18(19)30-2)17(12-32(3,28)29)26-15-7-6-14(22)10-16(15)25(21(26)27)11-20(23)24/h7-12,19H,5-6,13-14H2,1-4H3;7-12,19,22H,5-6,13-14H2,1-4H3;5-10,17H,4,11-12H2,1-3H3;5-10,17,20H,4,11-12H2,1-3H3/t2*19-;2*17-/m0000/s1. The molecule has 0 saturated carbocycles. The van der Waals surface area contributed by atoms with E-state index < -0.39 is 173 Å². The second-order valence-electron chi connectivity index (χ2n) is 30.9. The van der Waals surface area contributed by atoms with Crippen molar-refractivity contribution in [1.82, 2.24) is 36.5 Å². The van der Waals surface area contributed by atoms with Crippen LogP contribution >= 0.6 is 23.2 Å². The zero-order chi connectivity index (χ0) is 102. The lowest BCUT2D eigenvalue weighted by atomic mass is 10.1. The topological polar surface area (TPSA) is 371 Å². The number of sulfone groups is 4. The number of esters is 2. The largest absolute Gasteiger partial charge is 0.493 e. The Kier molecular flexibility index (Phi) is 36.6. The van der Waals surface area contributed by atoms with Crippen molar-refractivity contribution in [1.29, 1.82) is 0 Å². The van der Waals surface area contributed by atoms with E-state index in [1.54, 1.807) is 90.1 Å². The molecule has 0 aliphatic carbocycles. The number of aromatic nitrogens is 8. The number of carbonyl (C=O) groups is 2. The molecule has 0 bridgehead atoms. The highest BCUT2D eigenvalue weighted by atomic mass is 35.5. The third kappa shape index (κ3) is 27.7. The van der Waals surface area contributed by atoms with E-state index in [-0.39, 0.29) is 85.4 Å². The Labute approximate surface area is 795 Å². The Bertz CT molecular complexity index is 7180. The van der Waals surface area contributed by atoms with Crippen molar-refractivity contribution in [3.63, 3.8) is 0 Å². The first-order valence-corrected chi connectivity index (χ1v) is 51.0. The van der Waals surface area contributed by atoms with Gasteiger partial charge >= 0.3 is 47.1 Å². The van der Waals surface area contributed by atoms with Crippen LogP contribution in [0, 0.1) is 0 Å². The number of methoxy groups -OCH3 is 4.